The lowest BCUT2D eigenvalue weighted by molar-refractivity contribution is -0.385. The van der Waals surface area contributed by atoms with Crippen LogP contribution in [0, 0.1) is 16.0 Å². The standard InChI is InChI=1S/C22H25N5O3/c1-15(2)19(14-28)25-22-24-18(16-8-4-3-5-9-16)12-21(26-22)23-13-17-10-6-7-11-20(17)27(29)30/h3-12,15,19,28H,13-14H2,1-2H3,(H2,23,24,25,26)/t19-/m1/s1. The topological polar surface area (TPSA) is 113 Å². The van der Waals surface area contributed by atoms with E-state index in [1.807, 2.05) is 44.2 Å². The Morgan fingerprint density at radius 3 is 2.43 bits per heavy atom. The van der Waals surface area contributed by atoms with E-state index in [0.717, 1.165) is 5.56 Å². The summed E-state index contributed by atoms with van der Waals surface area (Å²) in [4.78, 5) is 20.0. The van der Waals surface area contributed by atoms with Crippen LogP contribution in [-0.4, -0.2) is 32.6 Å². The fourth-order valence-electron chi connectivity index (χ4n) is 2.97. The molecule has 0 spiro atoms. The molecule has 0 saturated carbocycles. The highest BCUT2D eigenvalue weighted by Gasteiger charge is 2.16. The molecule has 156 valence electrons. The van der Waals surface area contributed by atoms with Crippen molar-refractivity contribution in [3.05, 3.63) is 76.3 Å². The van der Waals surface area contributed by atoms with Gasteiger partial charge in [-0.3, -0.25) is 10.1 Å². The van der Waals surface area contributed by atoms with Crippen molar-refractivity contribution < 1.29 is 10.0 Å². The van der Waals surface area contributed by atoms with Crippen molar-refractivity contribution in [3.63, 3.8) is 0 Å². The number of benzene rings is 2. The Morgan fingerprint density at radius 2 is 1.77 bits per heavy atom. The van der Waals surface area contributed by atoms with Gasteiger partial charge in [-0.2, -0.15) is 4.98 Å². The van der Waals surface area contributed by atoms with Crippen LogP contribution >= 0.6 is 0 Å². The first-order chi connectivity index (χ1) is 14.5. The van der Waals surface area contributed by atoms with E-state index >= 15 is 0 Å². The highest BCUT2D eigenvalue weighted by atomic mass is 16.6. The van der Waals surface area contributed by atoms with Crippen LogP contribution in [0.1, 0.15) is 19.4 Å². The number of anilines is 2. The van der Waals surface area contributed by atoms with E-state index in [2.05, 4.69) is 20.6 Å². The largest absolute Gasteiger partial charge is 0.394 e. The van der Waals surface area contributed by atoms with Crippen molar-refractivity contribution in [2.24, 2.45) is 5.92 Å². The smallest absolute Gasteiger partial charge is 0.274 e. The predicted molar refractivity (Wildman–Crippen MR) is 117 cm³/mol. The summed E-state index contributed by atoms with van der Waals surface area (Å²) >= 11 is 0. The molecule has 8 heteroatoms. The van der Waals surface area contributed by atoms with Gasteiger partial charge >= 0.3 is 0 Å². The van der Waals surface area contributed by atoms with Crippen LogP contribution in [0.15, 0.2) is 60.7 Å². The lowest BCUT2D eigenvalue weighted by Gasteiger charge is -2.20. The number of nitrogens with zero attached hydrogens (tertiary/aromatic N) is 3. The van der Waals surface area contributed by atoms with E-state index in [9.17, 15) is 15.2 Å². The molecule has 0 unspecified atom stereocenters. The summed E-state index contributed by atoms with van der Waals surface area (Å²) in [5.74, 6) is 1.10. The average Bonchev–Trinajstić information content (AvgIpc) is 2.76. The lowest BCUT2D eigenvalue weighted by Crippen LogP contribution is -2.30. The van der Waals surface area contributed by atoms with Crippen LogP contribution in [0.3, 0.4) is 0 Å². The number of nitrogens with one attached hydrogen (secondary N) is 2. The molecule has 8 nitrogen and oxygen atoms in total. The molecule has 1 heterocycles. The maximum Gasteiger partial charge on any atom is 0.274 e. The van der Waals surface area contributed by atoms with Gasteiger partial charge in [0.15, 0.2) is 0 Å². The Labute approximate surface area is 175 Å². The molecule has 0 aliphatic heterocycles. The van der Waals surface area contributed by atoms with Crippen molar-refractivity contribution in [2.45, 2.75) is 26.4 Å². The summed E-state index contributed by atoms with van der Waals surface area (Å²) in [5, 5.41) is 27.3. The maximum atomic E-state index is 11.3. The van der Waals surface area contributed by atoms with Crippen LogP contribution in [0.25, 0.3) is 11.3 Å². The molecule has 3 N–H and O–H groups in total. The lowest BCUT2D eigenvalue weighted by atomic mass is 10.1. The number of aliphatic hydroxyl groups excluding tert-OH is 1. The minimum absolute atomic E-state index is 0.0461. The average molecular weight is 407 g/mol. The summed E-state index contributed by atoms with van der Waals surface area (Å²) in [7, 11) is 0. The van der Waals surface area contributed by atoms with Gasteiger partial charge in [0, 0.05) is 29.8 Å². The molecule has 3 aromatic rings. The number of para-hydroxylation sites is 1. The van der Waals surface area contributed by atoms with E-state index in [4.69, 9.17) is 0 Å². The minimum atomic E-state index is -0.395. The van der Waals surface area contributed by atoms with Gasteiger partial charge in [0.1, 0.15) is 5.82 Å². The molecule has 0 bridgehead atoms. The van der Waals surface area contributed by atoms with E-state index in [-0.39, 0.29) is 30.8 Å². The van der Waals surface area contributed by atoms with E-state index in [1.165, 1.54) is 6.07 Å². The first-order valence-corrected chi connectivity index (χ1v) is 9.76. The van der Waals surface area contributed by atoms with E-state index < -0.39 is 4.92 Å². The summed E-state index contributed by atoms with van der Waals surface area (Å²) in [5.41, 5.74) is 2.24. The zero-order valence-corrected chi connectivity index (χ0v) is 16.9. The molecule has 0 fully saturated rings. The number of nitro benzene ring substituents is 1. The van der Waals surface area contributed by atoms with E-state index in [1.54, 1.807) is 24.3 Å². The molecule has 1 aromatic heterocycles. The number of aliphatic hydroxyl groups is 1. The van der Waals surface area contributed by atoms with Crippen LogP contribution in [0.4, 0.5) is 17.5 Å². The fraction of sp³-hybridized carbons (Fsp3) is 0.273. The second kappa shape index (κ2) is 9.80. The summed E-state index contributed by atoms with van der Waals surface area (Å²) in [6, 6.07) is 17.9. The third-order valence-corrected chi connectivity index (χ3v) is 4.76. The molecule has 3 rings (SSSR count). The molecular weight excluding hydrogens is 382 g/mol. The normalized spacial score (nSPS) is 11.9. The Balaban J connectivity index is 1.91. The Kier molecular flexibility index (Phi) is 6.92. The van der Waals surface area contributed by atoms with E-state index in [0.29, 0.717) is 23.0 Å². The van der Waals surface area contributed by atoms with Crippen LogP contribution in [0.2, 0.25) is 0 Å². The second-order valence-corrected chi connectivity index (χ2v) is 7.24. The van der Waals surface area contributed by atoms with Gasteiger partial charge in [0.25, 0.3) is 5.69 Å². The maximum absolute atomic E-state index is 11.3. The molecule has 0 amide bonds. The quantitative estimate of drug-likeness (QED) is 0.362. The third-order valence-electron chi connectivity index (χ3n) is 4.76. The number of hydrogen-bond donors (Lipinski definition) is 3. The first-order valence-electron chi connectivity index (χ1n) is 9.76. The molecule has 0 aliphatic carbocycles. The van der Waals surface area contributed by atoms with Crippen molar-refractivity contribution in [2.75, 3.05) is 17.2 Å². The monoisotopic (exact) mass is 407 g/mol. The van der Waals surface area contributed by atoms with Gasteiger partial charge in [-0.05, 0) is 5.92 Å². The zero-order valence-electron chi connectivity index (χ0n) is 16.9. The Morgan fingerprint density at radius 1 is 1.07 bits per heavy atom. The third kappa shape index (κ3) is 5.30. The molecule has 1 atom stereocenters. The van der Waals surface area contributed by atoms with Crippen LogP contribution in [0.5, 0.6) is 0 Å². The van der Waals surface area contributed by atoms with Crippen molar-refractivity contribution in [1.82, 2.24) is 9.97 Å². The van der Waals surface area contributed by atoms with Gasteiger partial charge in [0.05, 0.1) is 23.3 Å². The summed E-state index contributed by atoms with van der Waals surface area (Å²) in [6.07, 6.45) is 0. The molecular formula is C22H25N5O3. The van der Waals surface area contributed by atoms with Gasteiger partial charge in [-0.1, -0.05) is 62.4 Å². The predicted octanol–water partition coefficient (Wildman–Crippen LogP) is 4.09. The zero-order chi connectivity index (χ0) is 21.5. The van der Waals surface area contributed by atoms with Gasteiger partial charge in [-0.25, -0.2) is 4.98 Å². The highest BCUT2D eigenvalue weighted by molar-refractivity contribution is 5.64. The molecule has 0 saturated heterocycles. The summed E-state index contributed by atoms with van der Waals surface area (Å²) < 4.78 is 0. The number of hydrogen-bond acceptors (Lipinski definition) is 7. The molecule has 0 aliphatic rings. The number of rotatable bonds is 9. The van der Waals surface area contributed by atoms with Crippen LogP contribution < -0.4 is 10.6 Å². The Hall–Kier alpha value is -3.52. The van der Waals surface area contributed by atoms with Crippen molar-refractivity contribution in [3.8, 4) is 11.3 Å². The second-order valence-electron chi connectivity index (χ2n) is 7.24. The van der Waals surface area contributed by atoms with Crippen LogP contribution in [-0.2, 0) is 6.54 Å². The molecule has 0 radical (unpaired) electrons. The van der Waals surface area contributed by atoms with Gasteiger partial charge in [-0.15, -0.1) is 0 Å². The van der Waals surface area contributed by atoms with Crippen molar-refractivity contribution in [1.29, 1.82) is 0 Å². The Bertz CT molecular complexity index is 995. The SMILES string of the molecule is CC(C)[C@@H](CO)Nc1nc(NCc2ccccc2[N+](=O)[O-])cc(-c2ccccc2)n1. The minimum Gasteiger partial charge on any atom is -0.394 e. The number of nitro groups is 1. The molecule has 30 heavy (non-hydrogen) atoms. The van der Waals surface area contributed by atoms with Gasteiger partial charge in [0.2, 0.25) is 5.95 Å². The summed E-state index contributed by atoms with van der Waals surface area (Å²) in [6.45, 7) is 4.20. The highest BCUT2D eigenvalue weighted by Crippen LogP contribution is 2.24. The number of aromatic nitrogens is 2. The molecule has 2 aromatic carbocycles. The first kappa shape index (κ1) is 21.2. The van der Waals surface area contributed by atoms with Crippen molar-refractivity contribution >= 4 is 17.5 Å². The fourth-order valence-corrected chi connectivity index (χ4v) is 2.97. The van der Waals surface area contributed by atoms with Gasteiger partial charge < -0.3 is 15.7 Å².